The summed E-state index contributed by atoms with van der Waals surface area (Å²) in [6.07, 6.45) is 5.30. The van der Waals surface area contributed by atoms with Crippen LogP contribution >= 0.6 is 0 Å². The number of ether oxygens (including phenoxy) is 1. The lowest BCUT2D eigenvalue weighted by Gasteiger charge is -2.37. The molecule has 0 spiro atoms. The molecule has 3 rings (SSSR count). The number of hydrogen-bond acceptors (Lipinski definition) is 4. The number of nitrogens with zero attached hydrogens (tertiary/aromatic N) is 1. The lowest BCUT2D eigenvalue weighted by molar-refractivity contribution is -0.00301. The van der Waals surface area contributed by atoms with E-state index in [9.17, 15) is 13.2 Å². The zero-order valence-corrected chi connectivity index (χ0v) is 18.2. The van der Waals surface area contributed by atoms with Crippen molar-refractivity contribution >= 4 is 10.2 Å². The van der Waals surface area contributed by atoms with Crippen LogP contribution < -0.4 is 15.0 Å². The third kappa shape index (κ3) is 5.28. The highest BCUT2D eigenvalue weighted by Gasteiger charge is 2.34. The van der Waals surface area contributed by atoms with Crippen LogP contribution in [-0.2, 0) is 21.4 Å². The molecule has 0 aromatic carbocycles. The summed E-state index contributed by atoms with van der Waals surface area (Å²) in [7, 11) is -2.25. The van der Waals surface area contributed by atoms with E-state index in [1.54, 1.807) is 11.5 Å². The molecule has 2 unspecified atom stereocenters. The first-order valence-corrected chi connectivity index (χ1v) is 11.8. The van der Waals surface area contributed by atoms with Gasteiger partial charge in [0.25, 0.3) is 15.8 Å². The zero-order chi connectivity index (χ0) is 21.0. The zero-order valence-electron chi connectivity index (χ0n) is 17.4. The molecule has 2 heterocycles. The number of aromatic nitrogens is 1. The van der Waals surface area contributed by atoms with E-state index in [1.165, 1.54) is 7.05 Å². The van der Waals surface area contributed by atoms with Gasteiger partial charge in [-0.25, -0.2) is 4.72 Å². The summed E-state index contributed by atoms with van der Waals surface area (Å²) in [6.45, 7) is 3.96. The molecule has 29 heavy (non-hydrogen) atoms. The van der Waals surface area contributed by atoms with E-state index in [1.807, 2.05) is 19.1 Å². The van der Waals surface area contributed by atoms with Crippen molar-refractivity contribution in [3.05, 3.63) is 33.7 Å². The molecule has 0 saturated heterocycles. The fraction of sp³-hybridized carbons (Fsp3) is 0.667. The smallest absolute Gasteiger partial charge is 0.276 e. The first-order chi connectivity index (χ1) is 13.8. The van der Waals surface area contributed by atoms with E-state index in [2.05, 4.69) is 21.3 Å². The molecule has 2 N–H and O–H groups in total. The summed E-state index contributed by atoms with van der Waals surface area (Å²) < 4.78 is 37.2. The number of rotatable bonds is 6. The first-order valence-electron chi connectivity index (χ1n) is 10.3. The van der Waals surface area contributed by atoms with Crippen molar-refractivity contribution in [3.8, 4) is 11.8 Å². The van der Waals surface area contributed by atoms with E-state index in [-0.39, 0.29) is 17.7 Å². The minimum Gasteiger partial charge on any atom is -0.376 e. The molecule has 1 aliphatic carbocycles. The van der Waals surface area contributed by atoms with E-state index in [0.29, 0.717) is 30.9 Å². The Kier molecular flexibility index (Phi) is 7.17. The van der Waals surface area contributed by atoms with Crippen molar-refractivity contribution in [2.75, 3.05) is 13.7 Å². The van der Waals surface area contributed by atoms with E-state index < -0.39 is 16.3 Å². The lowest BCUT2D eigenvalue weighted by atomic mass is 9.88. The normalized spacial score (nSPS) is 27.0. The molecule has 1 aromatic rings. The van der Waals surface area contributed by atoms with Crippen LogP contribution in [0.2, 0.25) is 0 Å². The van der Waals surface area contributed by atoms with Gasteiger partial charge < -0.3 is 9.30 Å². The Hall–Kier alpha value is -1.66. The van der Waals surface area contributed by atoms with E-state index in [0.717, 1.165) is 31.4 Å². The third-order valence-electron chi connectivity index (χ3n) is 6.00. The lowest BCUT2D eigenvalue weighted by Crippen LogP contribution is -2.52. The molecule has 1 aliphatic heterocycles. The average molecular weight is 422 g/mol. The molecular formula is C21H31N3O4S. The Labute approximate surface area is 173 Å². The minimum atomic E-state index is -3.62. The van der Waals surface area contributed by atoms with Gasteiger partial charge in [0.2, 0.25) is 0 Å². The standard InChI is InChI=1S/C21H31N3O4S/c1-4-5-16-7-11-18(12-8-16)28-14-20-19(23-29(26,27)22-3)13-10-17-9-6-15(2)21(25)24(17)20/h6,9,16,18-20,22-23H,7-8,10-14H2,1-3H3. The molecule has 1 fully saturated rings. The first kappa shape index (κ1) is 22.0. The quantitative estimate of drug-likeness (QED) is 0.684. The number of fused-ring (bicyclic) bond motifs is 1. The van der Waals surface area contributed by atoms with Crippen LogP contribution in [0.25, 0.3) is 0 Å². The van der Waals surface area contributed by atoms with E-state index in [4.69, 9.17) is 4.74 Å². The maximum Gasteiger partial charge on any atom is 0.276 e. The summed E-state index contributed by atoms with van der Waals surface area (Å²) >= 11 is 0. The largest absolute Gasteiger partial charge is 0.376 e. The van der Waals surface area contributed by atoms with Crippen molar-refractivity contribution < 1.29 is 13.2 Å². The fourth-order valence-corrected chi connectivity index (χ4v) is 5.13. The molecule has 8 heteroatoms. The van der Waals surface area contributed by atoms with Gasteiger partial charge in [-0.3, -0.25) is 4.79 Å². The van der Waals surface area contributed by atoms with E-state index >= 15 is 0 Å². The molecule has 0 bridgehead atoms. The van der Waals surface area contributed by atoms with Gasteiger partial charge in [0.05, 0.1) is 18.8 Å². The van der Waals surface area contributed by atoms with Crippen molar-refractivity contribution in [3.63, 3.8) is 0 Å². The molecule has 2 aliphatic rings. The minimum absolute atomic E-state index is 0.0774. The van der Waals surface area contributed by atoms with Gasteiger partial charge in [-0.2, -0.15) is 13.1 Å². The van der Waals surface area contributed by atoms with Crippen LogP contribution in [0.4, 0.5) is 0 Å². The van der Waals surface area contributed by atoms with Gasteiger partial charge in [-0.15, -0.1) is 11.8 Å². The Morgan fingerprint density at radius 2 is 1.93 bits per heavy atom. The summed E-state index contributed by atoms with van der Waals surface area (Å²) in [5, 5.41) is 0. The molecule has 1 aromatic heterocycles. The molecule has 2 atom stereocenters. The average Bonchev–Trinajstić information content (AvgIpc) is 2.71. The summed E-state index contributed by atoms with van der Waals surface area (Å²) in [5.74, 6) is 6.67. The van der Waals surface area contributed by atoms with Gasteiger partial charge in [0, 0.05) is 30.3 Å². The maximum absolute atomic E-state index is 12.9. The fourth-order valence-electron chi connectivity index (χ4n) is 4.34. The molecule has 0 radical (unpaired) electrons. The van der Waals surface area contributed by atoms with Crippen molar-refractivity contribution in [2.45, 2.75) is 70.6 Å². The highest BCUT2D eigenvalue weighted by molar-refractivity contribution is 7.87. The Balaban J connectivity index is 1.79. The molecule has 0 amide bonds. The SMILES string of the molecule is CC#CC1CCC(OCC2C(NS(=O)(=O)NC)CCc3ccc(C)c(=O)n32)CC1. The van der Waals surface area contributed by atoms with Gasteiger partial charge in [0.1, 0.15) is 0 Å². The summed E-state index contributed by atoms with van der Waals surface area (Å²) in [5.41, 5.74) is 1.50. The van der Waals surface area contributed by atoms with Crippen molar-refractivity contribution in [2.24, 2.45) is 5.92 Å². The van der Waals surface area contributed by atoms with Gasteiger partial charge in [-0.1, -0.05) is 6.07 Å². The molecule has 7 nitrogen and oxygen atoms in total. The topological polar surface area (TPSA) is 89.4 Å². The van der Waals surface area contributed by atoms with Crippen LogP contribution in [0, 0.1) is 24.7 Å². The monoisotopic (exact) mass is 421 g/mol. The highest BCUT2D eigenvalue weighted by atomic mass is 32.2. The predicted octanol–water partition coefficient (Wildman–Crippen LogP) is 1.67. The third-order valence-corrected chi connectivity index (χ3v) is 7.15. The van der Waals surface area contributed by atoms with Crippen molar-refractivity contribution in [1.82, 2.24) is 14.0 Å². The number of pyridine rings is 1. The summed E-state index contributed by atoms with van der Waals surface area (Å²) in [6, 6.07) is 3.02. The van der Waals surface area contributed by atoms with Crippen LogP contribution in [0.5, 0.6) is 0 Å². The number of hydrogen-bond donors (Lipinski definition) is 2. The van der Waals surface area contributed by atoms with Crippen molar-refractivity contribution in [1.29, 1.82) is 0 Å². The predicted molar refractivity (Wildman–Crippen MR) is 113 cm³/mol. The molecule has 1 saturated carbocycles. The number of aryl methyl sites for hydroxylation is 2. The second kappa shape index (κ2) is 9.43. The van der Waals surface area contributed by atoms with Crippen LogP contribution in [0.1, 0.15) is 56.3 Å². The van der Waals surface area contributed by atoms with Gasteiger partial charge >= 0.3 is 0 Å². The number of nitrogens with one attached hydrogen (secondary N) is 2. The molecule has 160 valence electrons. The second-order valence-electron chi connectivity index (χ2n) is 7.92. The summed E-state index contributed by atoms with van der Waals surface area (Å²) in [4.78, 5) is 12.9. The highest BCUT2D eigenvalue weighted by Crippen LogP contribution is 2.29. The van der Waals surface area contributed by atoms with Crippen LogP contribution in [0.3, 0.4) is 0 Å². The van der Waals surface area contributed by atoms with Crippen LogP contribution in [-0.4, -0.2) is 38.8 Å². The molecular weight excluding hydrogens is 390 g/mol. The second-order valence-corrected chi connectivity index (χ2v) is 9.57. The van der Waals surface area contributed by atoms with Gasteiger partial charge in [-0.05, 0) is 58.4 Å². The Morgan fingerprint density at radius 3 is 2.59 bits per heavy atom. The Bertz CT molecular complexity index is 937. The Morgan fingerprint density at radius 1 is 1.21 bits per heavy atom. The van der Waals surface area contributed by atoms with Gasteiger partial charge in [0.15, 0.2) is 0 Å². The maximum atomic E-state index is 12.9. The van der Waals surface area contributed by atoms with Crippen LogP contribution in [0.15, 0.2) is 16.9 Å².